The summed E-state index contributed by atoms with van der Waals surface area (Å²) >= 11 is 0. The highest BCUT2D eigenvalue weighted by atomic mass is 16.1. The van der Waals surface area contributed by atoms with Crippen LogP contribution in [0.4, 0.5) is 0 Å². The molecule has 0 heterocycles. The molecule has 1 heteroatoms. The number of allylic oxidation sites excluding steroid dienone is 4. The van der Waals surface area contributed by atoms with Crippen molar-refractivity contribution in [3.8, 4) is 0 Å². The van der Waals surface area contributed by atoms with Crippen LogP contribution in [0.1, 0.15) is 58.3 Å². The van der Waals surface area contributed by atoms with E-state index >= 15 is 0 Å². The largest absolute Gasteiger partial charge is 0.295 e. The first kappa shape index (κ1) is 11.6. The van der Waals surface area contributed by atoms with E-state index in [1.807, 2.05) is 0 Å². The van der Waals surface area contributed by atoms with Crippen LogP contribution in [0.5, 0.6) is 0 Å². The fourth-order valence-electron chi connectivity index (χ4n) is 2.94. The molecule has 0 aromatic rings. The highest BCUT2D eigenvalue weighted by Crippen LogP contribution is 2.33. The van der Waals surface area contributed by atoms with Gasteiger partial charge in [0.25, 0.3) is 0 Å². The van der Waals surface area contributed by atoms with Gasteiger partial charge in [-0.25, -0.2) is 0 Å². The van der Waals surface area contributed by atoms with Crippen LogP contribution in [0.2, 0.25) is 0 Å². The zero-order valence-electron chi connectivity index (χ0n) is 10.3. The van der Waals surface area contributed by atoms with Crippen LogP contribution in [0, 0.1) is 5.92 Å². The molecule has 2 aliphatic rings. The molecule has 0 radical (unpaired) electrons. The molecule has 2 rings (SSSR count). The number of rotatable bonds is 2. The number of Topliss-reactive ketones (excluding diaryl/α,β-unsaturated/α-hetero) is 1. The Morgan fingerprint density at radius 2 is 1.75 bits per heavy atom. The van der Waals surface area contributed by atoms with Gasteiger partial charge in [0.15, 0.2) is 5.78 Å². The first-order valence-corrected chi connectivity index (χ1v) is 6.68. The molecule has 1 fully saturated rings. The Balaban J connectivity index is 2.02. The molecule has 0 saturated heterocycles. The maximum absolute atomic E-state index is 11.2. The van der Waals surface area contributed by atoms with Crippen molar-refractivity contribution in [2.45, 2.75) is 58.3 Å². The predicted octanol–water partition coefficient (Wildman–Crippen LogP) is 4.19. The molecular weight excluding hydrogens is 196 g/mol. The first-order valence-electron chi connectivity index (χ1n) is 6.68. The summed E-state index contributed by atoms with van der Waals surface area (Å²) < 4.78 is 0. The molecule has 0 N–H and O–H groups in total. The Hall–Kier alpha value is -0.850. The molecule has 0 aliphatic heterocycles. The smallest absolute Gasteiger partial charge is 0.155 e. The normalized spacial score (nSPS) is 23.3. The van der Waals surface area contributed by atoms with Crippen molar-refractivity contribution in [3.05, 3.63) is 23.3 Å². The summed E-state index contributed by atoms with van der Waals surface area (Å²) in [7, 11) is 0. The van der Waals surface area contributed by atoms with Gasteiger partial charge in [-0.1, -0.05) is 43.4 Å². The molecule has 0 atom stereocenters. The van der Waals surface area contributed by atoms with Gasteiger partial charge in [0.1, 0.15) is 0 Å². The van der Waals surface area contributed by atoms with E-state index < -0.39 is 0 Å². The van der Waals surface area contributed by atoms with Crippen LogP contribution in [-0.2, 0) is 4.79 Å². The van der Waals surface area contributed by atoms with Crippen molar-refractivity contribution >= 4 is 5.78 Å². The molecule has 0 bridgehead atoms. The van der Waals surface area contributed by atoms with Crippen molar-refractivity contribution < 1.29 is 4.79 Å². The number of carbonyl (C=O) groups excluding carboxylic acids is 1. The fourth-order valence-corrected chi connectivity index (χ4v) is 2.94. The summed E-state index contributed by atoms with van der Waals surface area (Å²) in [6.07, 6.45) is 14.7. The van der Waals surface area contributed by atoms with E-state index in [1.165, 1.54) is 38.5 Å². The maximum atomic E-state index is 11.2. The van der Waals surface area contributed by atoms with E-state index in [9.17, 15) is 4.79 Å². The Morgan fingerprint density at radius 3 is 2.25 bits per heavy atom. The van der Waals surface area contributed by atoms with Gasteiger partial charge in [0.2, 0.25) is 0 Å². The molecule has 88 valence electrons. The SMILES string of the molecule is CC(=O)C1=CC=C(C2CCCCCC2)CC1. The highest BCUT2D eigenvalue weighted by Gasteiger charge is 2.19. The molecule has 0 aromatic heterocycles. The predicted molar refractivity (Wildman–Crippen MR) is 67.3 cm³/mol. The van der Waals surface area contributed by atoms with Crippen LogP contribution in [0.15, 0.2) is 23.3 Å². The topological polar surface area (TPSA) is 17.1 Å². The van der Waals surface area contributed by atoms with Crippen molar-refractivity contribution in [3.63, 3.8) is 0 Å². The van der Waals surface area contributed by atoms with E-state index in [-0.39, 0.29) is 5.78 Å². The van der Waals surface area contributed by atoms with Crippen molar-refractivity contribution in [1.82, 2.24) is 0 Å². The second-order valence-corrected chi connectivity index (χ2v) is 5.18. The lowest BCUT2D eigenvalue weighted by Crippen LogP contribution is -2.08. The average Bonchev–Trinajstić information content (AvgIpc) is 2.57. The van der Waals surface area contributed by atoms with Crippen molar-refractivity contribution in [2.24, 2.45) is 5.92 Å². The first-order chi connectivity index (χ1) is 7.77. The molecule has 0 aromatic carbocycles. The molecule has 0 amide bonds. The van der Waals surface area contributed by atoms with Crippen LogP contribution >= 0.6 is 0 Å². The summed E-state index contributed by atoms with van der Waals surface area (Å²) in [6, 6.07) is 0. The third-order valence-corrected chi connectivity index (χ3v) is 4.01. The summed E-state index contributed by atoms with van der Waals surface area (Å²) in [5, 5.41) is 0. The Morgan fingerprint density at radius 1 is 1.06 bits per heavy atom. The second kappa shape index (κ2) is 5.47. The second-order valence-electron chi connectivity index (χ2n) is 5.18. The van der Waals surface area contributed by atoms with Crippen LogP contribution < -0.4 is 0 Å². The van der Waals surface area contributed by atoms with Gasteiger partial charge in [-0.3, -0.25) is 4.79 Å². The zero-order valence-corrected chi connectivity index (χ0v) is 10.3. The fraction of sp³-hybridized carbons (Fsp3) is 0.667. The zero-order chi connectivity index (χ0) is 11.4. The van der Waals surface area contributed by atoms with Gasteiger partial charge in [0, 0.05) is 0 Å². The average molecular weight is 218 g/mol. The van der Waals surface area contributed by atoms with Crippen molar-refractivity contribution in [2.75, 3.05) is 0 Å². The lowest BCUT2D eigenvalue weighted by atomic mass is 9.84. The van der Waals surface area contributed by atoms with Gasteiger partial charge < -0.3 is 0 Å². The molecule has 1 saturated carbocycles. The Labute approximate surface area is 98.6 Å². The minimum Gasteiger partial charge on any atom is -0.295 e. The summed E-state index contributed by atoms with van der Waals surface area (Å²) in [4.78, 5) is 11.2. The molecule has 16 heavy (non-hydrogen) atoms. The van der Waals surface area contributed by atoms with E-state index in [4.69, 9.17) is 0 Å². The molecule has 1 nitrogen and oxygen atoms in total. The van der Waals surface area contributed by atoms with Crippen molar-refractivity contribution in [1.29, 1.82) is 0 Å². The molecule has 0 unspecified atom stereocenters. The third-order valence-electron chi connectivity index (χ3n) is 4.01. The molecule has 2 aliphatic carbocycles. The number of carbonyl (C=O) groups is 1. The highest BCUT2D eigenvalue weighted by molar-refractivity contribution is 5.93. The Kier molecular flexibility index (Phi) is 3.98. The van der Waals surface area contributed by atoms with E-state index in [1.54, 1.807) is 12.5 Å². The number of ketones is 1. The van der Waals surface area contributed by atoms with Gasteiger partial charge in [-0.05, 0) is 44.1 Å². The minimum absolute atomic E-state index is 0.246. The summed E-state index contributed by atoms with van der Waals surface area (Å²) in [6.45, 7) is 1.68. The van der Waals surface area contributed by atoms with Gasteiger partial charge in [-0.2, -0.15) is 0 Å². The monoisotopic (exact) mass is 218 g/mol. The lowest BCUT2D eigenvalue weighted by Gasteiger charge is -2.21. The van der Waals surface area contributed by atoms with E-state index in [2.05, 4.69) is 12.2 Å². The van der Waals surface area contributed by atoms with E-state index in [0.29, 0.717) is 0 Å². The Bertz CT molecular complexity index is 314. The van der Waals surface area contributed by atoms with Crippen LogP contribution in [-0.4, -0.2) is 5.78 Å². The lowest BCUT2D eigenvalue weighted by molar-refractivity contribution is -0.113. The van der Waals surface area contributed by atoms with Crippen LogP contribution in [0.3, 0.4) is 0 Å². The number of hydrogen-bond acceptors (Lipinski definition) is 1. The molecular formula is C15H22O. The quantitative estimate of drug-likeness (QED) is 0.635. The standard InChI is InChI=1S/C15H22O/c1-12(16)13-8-10-15(11-9-13)14-6-4-2-3-5-7-14/h8,10,14H,2-7,9,11H2,1H3. The van der Waals surface area contributed by atoms with Gasteiger partial charge in [0.05, 0.1) is 0 Å². The van der Waals surface area contributed by atoms with Crippen LogP contribution in [0.25, 0.3) is 0 Å². The number of hydrogen-bond donors (Lipinski definition) is 0. The molecule has 0 spiro atoms. The van der Waals surface area contributed by atoms with Gasteiger partial charge in [-0.15, -0.1) is 0 Å². The minimum atomic E-state index is 0.246. The third kappa shape index (κ3) is 2.84. The van der Waals surface area contributed by atoms with Gasteiger partial charge >= 0.3 is 0 Å². The summed E-state index contributed by atoms with van der Waals surface area (Å²) in [5.41, 5.74) is 2.62. The maximum Gasteiger partial charge on any atom is 0.155 e. The van der Waals surface area contributed by atoms with E-state index in [0.717, 1.165) is 24.3 Å². The summed E-state index contributed by atoms with van der Waals surface area (Å²) in [5.74, 6) is 1.06.